The van der Waals surface area contributed by atoms with Crippen molar-refractivity contribution in [3.63, 3.8) is 0 Å². The van der Waals surface area contributed by atoms with E-state index in [1.807, 2.05) is 24.3 Å². The molecule has 1 aromatic heterocycles. The minimum absolute atomic E-state index is 0.0227. The Morgan fingerprint density at radius 3 is 2.67 bits per heavy atom. The molecule has 1 aliphatic rings. The average Bonchev–Trinajstić information content (AvgIpc) is 3.22. The molecule has 0 bridgehead atoms. The molecule has 5 heteroatoms. The zero-order valence-corrected chi connectivity index (χ0v) is 13.0. The SMILES string of the molecule is Fc1ccc(C(Nc2cccc3n[se]nc23)C2CC2)cc1. The summed E-state index contributed by atoms with van der Waals surface area (Å²) in [6, 6.07) is 13.1. The summed E-state index contributed by atoms with van der Waals surface area (Å²) in [5.41, 5.74) is 4.13. The standard InChI is InChI=1S/C16H14FN3Se/c17-12-8-6-11(7-9-12)15(10-4-5-10)18-13-2-1-3-14-16(13)20-21-19-14/h1-3,6-10,15,18H,4-5H2. The van der Waals surface area contributed by atoms with Crippen LogP contribution in [0, 0.1) is 11.7 Å². The molecule has 3 nitrogen and oxygen atoms in total. The fourth-order valence-corrected chi connectivity index (χ4v) is 3.82. The van der Waals surface area contributed by atoms with Crippen molar-refractivity contribution < 1.29 is 4.39 Å². The Kier molecular flexibility index (Phi) is 3.24. The fourth-order valence-electron chi connectivity index (χ4n) is 2.66. The van der Waals surface area contributed by atoms with Crippen molar-refractivity contribution >= 4 is 31.7 Å². The summed E-state index contributed by atoms with van der Waals surface area (Å²) in [6.45, 7) is 0. The molecule has 4 rings (SSSR count). The van der Waals surface area contributed by atoms with Crippen molar-refractivity contribution in [2.45, 2.75) is 18.9 Å². The van der Waals surface area contributed by atoms with Gasteiger partial charge in [-0.25, -0.2) is 0 Å². The van der Waals surface area contributed by atoms with Gasteiger partial charge in [0.25, 0.3) is 0 Å². The number of aromatic nitrogens is 2. The van der Waals surface area contributed by atoms with Crippen LogP contribution in [0.1, 0.15) is 24.4 Å². The summed E-state index contributed by atoms with van der Waals surface area (Å²) in [6.07, 6.45) is 2.44. The molecule has 0 saturated heterocycles. The van der Waals surface area contributed by atoms with Gasteiger partial charge in [-0.05, 0) is 0 Å². The molecule has 1 atom stereocenters. The molecule has 3 aromatic rings. The summed E-state index contributed by atoms with van der Waals surface area (Å²) >= 11 is -0.0227. The van der Waals surface area contributed by atoms with E-state index in [4.69, 9.17) is 0 Å². The molecule has 1 saturated carbocycles. The number of rotatable bonds is 4. The van der Waals surface area contributed by atoms with Crippen molar-refractivity contribution in [1.82, 2.24) is 7.96 Å². The monoisotopic (exact) mass is 347 g/mol. The topological polar surface area (TPSA) is 37.8 Å². The molecule has 21 heavy (non-hydrogen) atoms. The van der Waals surface area contributed by atoms with Crippen molar-refractivity contribution in [2.75, 3.05) is 5.32 Å². The molecular weight excluding hydrogens is 332 g/mol. The van der Waals surface area contributed by atoms with Gasteiger partial charge in [-0.2, -0.15) is 0 Å². The molecule has 106 valence electrons. The zero-order valence-electron chi connectivity index (χ0n) is 11.3. The van der Waals surface area contributed by atoms with E-state index in [-0.39, 0.29) is 26.8 Å². The van der Waals surface area contributed by atoms with Gasteiger partial charge in [0.15, 0.2) is 0 Å². The van der Waals surface area contributed by atoms with Gasteiger partial charge in [0.05, 0.1) is 0 Å². The molecule has 1 heterocycles. The fraction of sp³-hybridized carbons (Fsp3) is 0.250. The van der Waals surface area contributed by atoms with E-state index in [0.29, 0.717) is 5.92 Å². The Bertz CT molecular complexity index is 765. The van der Waals surface area contributed by atoms with E-state index in [2.05, 4.69) is 19.3 Å². The second-order valence-corrected chi connectivity index (χ2v) is 6.56. The van der Waals surface area contributed by atoms with E-state index < -0.39 is 0 Å². The van der Waals surface area contributed by atoms with E-state index in [0.717, 1.165) is 22.3 Å². The Morgan fingerprint density at radius 2 is 1.90 bits per heavy atom. The molecule has 0 aliphatic heterocycles. The number of nitrogens with zero attached hydrogens (tertiary/aromatic N) is 2. The number of hydrogen-bond acceptors (Lipinski definition) is 3. The molecule has 0 radical (unpaired) electrons. The average molecular weight is 346 g/mol. The maximum absolute atomic E-state index is 13.1. The van der Waals surface area contributed by atoms with Crippen molar-refractivity contribution in [1.29, 1.82) is 0 Å². The Labute approximate surface area is 128 Å². The van der Waals surface area contributed by atoms with Crippen molar-refractivity contribution in [3.05, 3.63) is 53.8 Å². The second kappa shape index (κ2) is 5.24. The van der Waals surface area contributed by atoms with Crippen molar-refractivity contribution in [3.8, 4) is 0 Å². The quantitative estimate of drug-likeness (QED) is 0.736. The van der Waals surface area contributed by atoms with Gasteiger partial charge in [0.1, 0.15) is 0 Å². The Morgan fingerprint density at radius 1 is 1.10 bits per heavy atom. The molecule has 1 unspecified atom stereocenters. The third-order valence-electron chi connectivity index (χ3n) is 3.92. The van der Waals surface area contributed by atoms with E-state index in [9.17, 15) is 4.39 Å². The summed E-state index contributed by atoms with van der Waals surface area (Å²) in [4.78, 5) is 0. The van der Waals surface area contributed by atoms with Crippen LogP contribution in [-0.4, -0.2) is 22.9 Å². The number of fused-ring (bicyclic) bond motifs is 1. The van der Waals surface area contributed by atoms with Gasteiger partial charge in [-0.3, -0.25) is 0 Å². The molecule has 1 aliphatic carbocycles. The van der Waals surface area contributed by atoms with Crippen LogP contribution in [0.2, 0.25) is 0 Å². The Balaban J connectivity index is 1.69. The van der Waals surface area contributed by atoms with Crippen LogP contribution in [0.4, 0.5) is 10.1 Å². The third kappa shape index (κ3) is 2.59. The molecular formula is C16H14FN3Se. The summed E-state index contributed by atoms with van der Waals surface area (Å²) in [7, 11) is 0. The van der Waals surface area contributed by atoms with E-state index in [1.54, 1.807) is 0 Å². The number of anilines is 1. The zero-order chi connectivity index (χ0) is 14.2. The van der Waals surface area contributed by atoms with E-state index >= 15 is 0 Å². The van der Waals surface area contributed by atoms with Gasteiger partial charge in [-0.1, -0.05) is 0 Å². The number of halogens is 1. The first-order chi connectivity index (χ1) is 10.3. The molecule has 0 spiro atoms. The van der Waals surface area contributed by atoms with Crippen LogP contribution in [0.3, 0.4) is 0 Å². The second-order valence-electron chi connectivity index (χ2n) is 5.45. The molecule has 0 amide bonds. The van der Waals surface area contributed by atoms with Crippen LogP contribution in [0.5, 0.6) is 0 Å². The Hall–Kier alpha value is -1.71. The number of hydrogen-bond donors (Lipinski definition) is 1. The van der Waals surface area contributed by atoms with Gasteiger partial charge in [0.2, 0.25) is 0 Å². The number of benzene rings is 2. The van der Waals surface area contributed by atoms with Crippen molar-refractivity contribution in [2.24, 2.45) is 5.92 Å². The normalized spacial score (nSPS) is 16.0. The third-order valence-corrected chi connectivity index (χ3v) is 5.06. The molecule has 2 aromatic carbocycles. The van der Waals surface area contributed by atoms with Crippen LogP contribution >= 0.6 is 0 Å². The van der Waals surface area contributed by atoms with Gasteiger partial charge >= 0.3 is 128 Å². The van der Waals surface area contributed by atoms with Gasteiger partial charge in [-0.15, -0.1) is 0 Å². The first-order valence-electron chi connectivity index (χ1n) is 7.04. The van der Waals surface area contributed by atoms with Crippen LogP contribution in [0.15, 0.2) is 42.5 Å². The minimum atomic E-state index is -0.189. The van der Waals surface area contributed by atoms with E-state index in [1.165, 1.54) is 25.0 Å². The van der Waals surface area contributed by atoms with Crippen LogP contribution < -0.4 is 5.32 Å². The summed E-state index contributed by atoms with van der Waals surface area (Å²) in [5.74, 6) is 0.431. The van der Waals surface area contributed by atoms with Crippen LogP contribution in [-0.2, 0) is 0 Å². The predicted molar refractivity (Wildman–Crippen MR) is 82.0 cm³/mol. The summed E-state index contributed by atoms with van der Waals surface area (Å²) < 4.78 is 22.1. The van der Waals surface area contributed by atoms with Gasteiger partial charge < -0.3 is 0 Å². The molecule has 1 N–H and O–H groups in total. The predicted octanol–water partition coefficient (Wildman–Crippen LogP) is 3.39. The summed E-state index contributed by atoms with van der Waals surface area (Å²) in [5, 5.41) is 3.61. The van der Waals surface area contributed by atoms with Crippen LogP contribution in [0.25, 0.3) is 11.0 Å². The first-order valence-corrected chi connectivity index (χ1v) is 8.58. The van der Waals surface area contributed by atoms with Gasteiger partial charge in [0, 0.05) is 0 Å². The molecule has 1 fully saturated rings. The maximum atomic E-state index is 13.1. The number of nitrogens with one attached hydrogen (secondary N) is 1. The first kappa shape index (κ1) is 13.0.